The van der Waals surface area contributed by atoms with Gasteiger partial charge in [0.05, 0.1) is 5.69 Å². The van der Waals surface area contributed by atoms with Gasteiger partial charge in [0.2, 0.25) is 5.91 Å². The van der Waals surface area contributed by atoms with Crippen LogP contribution in [0.3, 0.4) is 0 Å². The molecule has 0 unspecified atom stereocenters. The second-order valence-electron chi connectivity index (χ2n) is 3.98. The van der Waals surface area contributed by atoms with E-state index in [1.807, 2.05) is 53.2 Å². The van der Waals surface area contributed by atoms with Crippen molar-refractivity contribution in [2.75, 3.05) is 11.1 Å². The van der Waals surface area contributed by atoms with Crippen molar-refractivity contribution in [2.45, 2.75) is 4.90 Å². The average Bonchev–Trinajstić information content (AvgIpc) is 2.97. The fraction of sp³-hybridized carbons (Fsp3) is 0.0625. The van der Waals surface area contributed by atoms with Crippen LogP contribution >= 0.6 is 23.1 Å². The van der Waals surface area contributed by atoms with Gasteiger partial charge < -0.3 is 5.32 Å². The van der Waals surface area contributed by atoms with Crippen LogP contribution in [-0.2, 0) is 4.79 Å². The summed E-state index contributed by atoms with van der Waals surface area (Å²) in [6.45, 7) is 3.71. The van der Waals surface area contributed by atoms with E-state index in [9.17, 15) is 4.79 Å². The predicted molar refractivity (Wildman–Crippen MR) is 89.3 cm³/mol. The maximum atomic E-state index is 11.9. The van der Waals surface area contributed by atoms with Crippen molar-refractivity contribution in [3.63, 3.8) is 0 Å². The van der Waals surface area contributed by atoms with E-state index in [0.29, 0.717) is 0 Å². The van der Waals surface area contributed by atoms with Crippen LogP contribution in [0.1, 0.15) is 5.56 Å². The van der Waals surface area contributed by atoms with Gasteiger partial charge in [0.1, 0.15) is 0 Å². The van der Waals surface area contributed by atoms with Gasteiger partial charge in [0.15, 0.2) is 0 Å². The number of nitrogens with one attached hydrogen (secondary N) is 1. The summed E-state index contributed by atoms with van der Waals surface area (Å²) >= 11 is 3.26. The van der Waals surface area contributed by atoms with E-state index in [4.69, 9.17) is 0 Å². The number of thiophene rings is 1. The number of amides is 1. The first-order valence-electron chi connectivity index (χ1n) is 6.13. The number of carbonyl (C=O) groups excluding carboxylic acids is 1. The summed E-state index contributed by atoms with van der Waals surface area (Å²) in [7, 11) is 0. The van der Waals surface area contributed by atoms with Gasteiger partial charge in [-0.1, -0.05) is 18.2 Å². The smallest absolute Gasteiger partial charge is 0.248 e. The molecule has 0 bridgehead atoms. The minimum Gasteiger partial charge on any atom is -0.321 e. The fourth-order valence-electron chi connectivity index (χ4n) is 1.56. The lowest BCUT2D eigenvalue weighted by atomic mass is 10.3. The largest absolute Gasteiger partial charge is 0.321 e. The Balaban J connectivity index is 2.02. The Labute approximate surface area is 127 Å². The SMILES string of the molecule is C=CCSc1ccccc1NC(=O)/C=C/c1ccsc1. The van der Waals surface area contributed by atoms with E-state index in [-0.39, 0.29) is 5.91 Å². The minimum absolute atomic E-state index is 0.122. The molecule has 0 atom stereocenters. The lowest BCUT2D eigenvalue weighted by Crippen LogP contribution is -2.08. The van der Waals surface area contributed by atoms with E-state index in [0.717, 1.165) is 21.9 Å². The summed E-state index contributed by atoms with van der Waals surface area (Å²) in [5.41, 5.74) is 1.87. The Morgan fingerprint density at radius 3 is 2.95 bits per heavy atom. The van der Waals surface area contributed by atoms with Gasteiger partial charge in [0.25, 0.3) is 0 Å². The second kappa shape index (κ2) is 7.72. The molecule has 0 fully saturated rings. The summed E-state index contributed by atoms with van der Waals surface area (Å²) in [6, 6.07) is 9.74. The van der Waals surface area contributed by atoms with Crippen LogP contribution in [0.15, 0.2) is 64.7 Å². The first-order chi connectivity index (χ1) is 9.79. The molecule has 2 aromatic rings. The van der Waals surface area contributed by atoms with Gasteiger partial charge in [0, 0.05) is 16.7 Å². The Morgan fingerprint density at radius 1 is 1.35 bits per heavy atom. The average molecular weight is 301 g/mol. The molecule has 0 aliphatic carbocycles. The number of hydrogen-bond donors (Lipinski definition) is 1. The standard InChI is InChI=1S/C16H15NOS2/c1-2-10-20-15-6-4-3-5-14(15)17-16(18)8-7-13-9-11-19-12-13/h2-9,11-12H,1,10H2,(H,17,18)/b8-7+. The number of benzene rings is 1. The third-order valence-electron chi connectivity index (χ3n) is 2.47. The van der Waals surface area contributed by atoms with Crippen molar-refractivity contribution in [1.82, 2.24) is 0 Å². The molecule has 1 N–H and O–H groups in total. The monoisotopic (exact) mass is 301 g/mol. The van der Waals surface area contributed by atoms with Gasteiger partial charge in [-0.15, -0.1) is 18.3 Å². The molecule has 2 rings (SSSR count). The van der Waals surface area contributed by atoms with Crippen LogP contribution < -0.4 is 5.32 Å². The number of carbonyl (C=O) groups is 1. The van der Waals surface area contributed by atoms with Gasteiger partial charge in [-0.3, -0.25) is 4.79 Å². The molecule has 1 aromatic carbocycles. The van der Waals surface area contributed by atoms with Crippen molar-refractivity contribution in [2.24, 2.45) is 0 Å². The summed E-state index contributed by atoms with van der Waals surface area (Å²) < 4.78 is 0. The zero-order valence-corrected chi connectivity index (χ0v) is 12.5. The van der Waals surface area contributed by atoms with E-state index in [2.05, 4.69) is 11.9 Å². The van der Waals surface area contributed by atoms with Crippen molar-refractivity contribution >= 4 is 40.8 Å². The molecule has 0 aliphatic heterocycles. The Kier molecular flexibility index (Phi) is 5.65. The van der Waals surface area contributed by atoms with E-state index < -0.39 is 0 Å². The van der Waals surface area contributed by atoms with Crippen molar-refractivity contribution in [1.29, 1.82) is 0 Å². The highest BCUT2D eigenvalue weighted by molar-refractivity contribution is 7.99. The number of para-hydroxylation sites is 1. The van der Waals surface area contributed by atoms with Crippen LogP contribution in [-0.4, -0.2) is 11.7 Å². The molecule has 0 saturated carbocycles. The first-order valence-corrected chi connectivity index (χ1v) is 8.06. The second-order valence-corrected chi connectivity index (χ2v) is 5.82. The van der Waals surface area contributed by atoms with Crippen LogP contribution in [0.2, 0.25) is 0 Å². The number of thioether (sulfide) groups is 1. The van der Waals surface area contributed by atoms with Gasteiger partial charge in [-0.05, 0) is 40.6 Å². The Morgan fingerprint density at radius 2 is 2.20 bits per heavy atom. The number of rotatable bonds is 6. The molecular formula is C16H15NOS2. The fourth-order valence-corrected chi connectivity index (χ4v) is 2.94. The molecule has 2 nitrogen and oxygen atoms in total. The van der Waals surface area contributed by atoms with Crippen LogP contribution in [0.4, 0.5) is 5.69 Å². The maximum absolute atomic E-state index is 11.9. The zero-order chi connectivity index (χ0) is 14.2. The molecule has 20 heavy (non-hydrogen) atoms. The maximum Gasteiger partial charge on any atom is 0.248 e. The van der Waals surface area contributed by atoms with Crippen LogP contribution in [0.25, 0.3) is 6.08 Å². The number of hydrogen-bond acceptors (Lipinski definition) is 3. The molecule has 1 heterocycles. The molecular weight excluding hydrogens is 286 g/mol. The number of anilines is 1. The normalized spacial score (nSPS) is 10.6. The van der Waals surface area contributed by atoms with E-state index in [1.54, 1.807) is 29.2 Å². The lowest BCUT2D eigenvalue weighted by molar-refractivity contribution is -0.111. The molecule has 0 saturated heterocycles. The van der Waals surface area contributed by atoms with Crippen LogP contribution in [0.5, 0.6) is 0 Å². The minimum atomic E-state index is -0.122. The van der Waals surface area contributed by atoms with E-state index in [1.165, 1.54) is 0 Å². The molecule has 0 aliphatic rings. The molecule has 1 aromatic heterocycles. The predicted octanol–water partition coefficient (Wildman–Crippen LogP) is 4.68. The summed E-state index contributed by atoms with van der Waals surface area (Å²) in [4.78, 5) is 13.0. The first kappa shape index (κ1) is 14.6. The van der Waals surface area contributed by atoms with Crippen molar-refractivity contribution < 1.29 is 4.79 Å². The van der Waals surface area contributed by atoms with Crippen molar-refractivity contribution in [3.8, 4) is 0 Å². The lowest BCUT2D eigenvalue weighted by Gasteiger charge is -2.08. The molecule has 1 amide bonds. The third kappa shape index (κ3) is 4.40. The summed E-state index contributed by atoms with van der Waals surface area (Å²) in [5, 5.41) is 6.89. The Bertz CT molecular complexity index is 603. The quantitative estimate of drug-likeness (QED) is 0.477. The topological polar surface area (TPSA) is 29.1 Å². The molecule has 102 valence electrons. The highest BCUT2D eigenvalue weighted by Crippen LogP contribution is 2.26. The Hall–Kier alpha value is -1.78. The van der Waals surface area contributed by atoms with Crippen LogP contribution in [0, 0.1) is 0 Å². The molecule has 4 heteroatoms. The summed E-state index contributed by atoms with van der Waals surface area (Å²) in [6.07, 6.45) is 5.21. The molecule has 0 spiro atoms. The van der Waals surface area contributed by atoms with Gasteiger partial charge >= 0.3 is 0 Å². The summed E-state index contributed by atoms with van der Waals surface area (Å²) in [5.74, 6) is 0.695. The van der Waals surface area contributed by atoms with Gasteiger partial charge in [-0.2, -0.15) is 11.3 Å². The zero-order valence-electron chi connectivity index (χ0n) is 10.9. The highest BCUT2D eigenvalue weighted by Gasteiger charge is 2.04. The molecule has 0 radical (unpaired) electrons. The van der Waals surface area contributed by atoms with Crippen molar-refractivity contribution in [3.05, 3.63) is 65.4 Å². The van der Waals surface area contributed by atoms with E-state index >= 15 is 0 Å². The highest BCUT2D eigenvalue weighted by atomic mass is 32.2. The van der Waals surface area contributed by atoms with Gasteiger partial charge in [-0.25, -0.2) is 0 Å². The third-order valence-corrected chi connectivity index (χ3v) is 4.24.